The maximum Gasteiger partial charge on any atom is 0.358 e. The second kappa shape index (κ2) is 9.48. The Hall–Kier alpha value is -3.20. The SMILES string of the molecule is C=CCNc1nc(C(=O)O[C@H](C)C(=O)Nc2ccc(NC(C)=O)cc2)cs1. The van der Waals surface area contributed by atoms with E-state index < -0.39 is 18.0 Å². The van der Waals surface area contributed by atoms with Gasteiger partial charge in [-0.2, -0.15) is 0 Å². The fraction of sp³-hybridized carbons (Fsp3) is 0.222. The first kappa shape index (κ1) is 20.1. The third-order valence-electron chi connectivity index (χ3n) is 3.24. The maximum atomic E-state index is 12.2. The van der Waals surface area contributed by atoms with Crippen molar-refractivity contribution in [3.8, 4) is 0 Å². The van der Waals surface area contributed by atoms with Gasteiger partial charge >= 0.3 is 5.97 Å². The van der Waals surface area contributed by atoms with Crippen LogP contribution in [0.15, 0.2) is 42.3 Å². The van der Waals surface area contributed by atoms with Crippen molar-refractivity contribution >= 4 is 45.6 Å². The number of aromatic nitrogens is 1. The Bertz CT molecular complexity index is 832. The Kier molecular flexibility index (Phi) is 7.07. The van der Waals surface area contributed by atoms with E-state index in [4.69, 9.17) is 4.74 Å². The lowest BCUT2D eigenvalue weighted by Gasteiger charge is -2.13. The fourth-order valence-corrected chi connectivity index (χ4v) is 2.66. The number of hydrogen-bond donors (Lipinski definition) is 3. The van der Waals surface area contributed by atoms with Gasteiger partial charge in [0.1, 0.15) is 0 Å². The van der Waals surface area contributed by atoms with Gasteiger partial charge in [0.25, 0.3) is 5.91 Å². The Morgan fingerprint density at radius 2 is 1.85 bits per heavy atom. The van der Waals surface area contributed by atoms with Gasteiger partial charge in [-0.1, -0.05) is 6.08 Å². The van der Waals surface area contributed by atoms with Gasteiger partial charge in [-0.25, -0.2) is 9.78 Å². The number of esters is 1. The van der Waals surface area contributed by atoms with Crippen LogP contribution in [0, 0.1) is 0 Å². The normalized spacial score (nSPS) is 11.2. The molecule has 2 aromatic rings. The number of benzene rings is 1. The molecule has 1 heterocycles. The Balaban J connectivity index is 1.89. The monoisotopic (exact) mass is 388 g/mol. The second-order valence-corrected chi connectivity index (χ2v) is 6.36. The molecule has 0 unspecified atom stereocenters. The van der Waals surface area contributed by atoms with Crippen molar-refractivity contribution in [3.05, 3.63) is 48.0 Å². The molecule has 0 bridgehead atoms. The lowest BCUT2D eigenvalue weighted by Crippen LogP contribution is -2.30. The third-order valence-corrected chi connectivity index (χ3v) is 4.04. The first-order chi connectivity index (χ1) is 12.9. The van der Waals surface area contributed by atoms with E-state index in [1.807, 2.05) is 0 Å². The van der Waals surface area contributed by atoms with Gasteiger partial charge in [-0.3, -0.25) is 9.59 Å². The highest BCUT2D eigenvalue weighted by atomic mass is 32.1. The smallest absolute Gasteiger partial charge is 0.358 e. The highest BCUT2D eigenvalue weighted by molar-refractivity contribution is 7.13. The van der Waals surface area contributed by atoms with E-state index in [0.29, 0.717) is 23.1 Å². The van der Waals surface area contributed by atoms with E-state index >= 15 is 0 Å². The number of rotatable bonds is 8. The average molecular weight is 388 g/mol. The Labute approximate surface area is 160 Å². The highest BCUT2D eigenvalue weighted by Gasteiger charge is 2.21. The molecule has 0 spiro atoms. The predicted molar refractivity (Wildman–Crippen MR) is 105 cm³/mol. The summed E-state index contributed by atoms with van der Waals surface area (Å²) >= 11 is 1.26. The minimum Gasteiger partial charge on any atom is -0.448 e. The highest BCUT2D eigenvalue weighted by Crippen LogP contribution is 2.17. The van der Waals surface area contributed by atoms with Crippen molar-refractivity contribution in [1.29, 1.82) is 0 Å². The van der Waals surface area contributed by atoms with Crippen molar-refractivity contribution < 1.29 is 19.1 Å². The number of nitrogens with zero attached hydrogens (tertiary/aromatic N) is 1. The molecule has 142 valence electrons. The molecule has 8 nitrogen and oxygen atoms in total. The molecule has 1 atom stereocenters. The molecule has 0 aliphatic carbocycles. The van der Waals surface area contributed by atoms with Crippen LogP contribution < -0.4 is 16.0 Å². The molecule has 0 saturated heterocycles. The predicted octanol–water partition coefficient (Wildman–Crippen LogP) is 2.88. The van der Waals surface area contributed by atoms with E-state index in [9.17, 15) is 14.4 Å². The summed E-state index contributed by atoms with van der Waals surface area (Å²) in [6.45, 7) is 7.00. The number of thiazole rings is 1. The van der Waals surface area contributed by atoms with E-state index in [1.165, 1.54) is 25.2 Å². The van der Waals surface area contributed by atoms with Gasteiger partial charge < -0.3 is 20.7 Å². The number of carbonyl (C=O) groups excluding carboxylic acids is 3. The fourth-order valence-electron chi connectivity index (χ4n) is 1.97. The standard InChI is InChI=1S/C18H20N4O4S/c1-4-9-19-18-22-15(10-27-18)17(25)26-11(2)16(24)21-14-7-5-13(6-8-14)20-12(3)23/h4-8,10-11H,1,9H2,2-3H3,(H,19,22)(H,20,23)(H,21,24)/t11-/m1/s1. The summed E-state index contributed by atoms with van der Waals surface area (Å²) in [6.07, 6.45) is 0.674. The number of carbonyl (C=O) groups is 3. The van der Waals surface area contributed by atoms with Crippen LogP contribution in [0.4, 0.5) is 16.5 Å². The number of hydrogen-bond acceptors (Lipinski definition) is 7. The largest absolute Gasteiger partial charge is 0.448 e. The minimum absolute atomic E-state index is 0.130. The van der Waals surface area contributed by atoms with E-state index in [1.54, 1.807) is 35.7 Å². The Morgan fingerprint density at radius 3 is 2.44 bits per heavy atom. The van der Waals surface area contributed by atoms with E-state index in [2.05, 4.69) is 27.5 Å². The molecule has 0 aliphatic heterocycles. The molecule has 3 N–H and O–H groups in total. The summed E-state index contributed by atoms with van der Waals surface area (Å²) in [5, 5.41) is 10.4. The summed E-state index contributed by atoms with van der Waals surface area (Å²) in [5.41, 5.74) is 1.26. The average Bonchev–Trinajstić information content (AvgIpc) is 3.10. The zero-order chi connectivity index (χ0) is 19.8. The number of amides is 2. The van der Waals surface area contributed by atoms with Crippen LogP contribution in [-0.2, 0) is 14.3 Å². The van der Waals surface area contributed by atoms with Crippen molar-refractivity contribution in [2.75, 3.05) is 22.5 Å². The molecule has 2 amide bonds. The zero-order valence-corrected chi connectivity index (χ0v) is 15.8. The summed E-state index contributed by atoms with van der Waals surface area (Å²) < 4.78 is 5.15. The van der Waals surface area contributed by atoms with Gasteiger partial charge in [0, 0.05) is 30.2 Å². The summed E-state index contributed by atoms with van der Waals surface area (Å²) in [6, 6.07) is 6.58. The van der Waals surface area contributed by atoms with Gasteiger partial charge in [-0.05, 0) is 31.2 Å². The summed E-state index contributed by atoms with van der Waals surface area (Å²) in [7, 11) is 0. The zero-order valence-electron chi connectivity index (χ0n) is 14.9. The van der Waals surface area contributed by atoms with E-state index in [-0.39, 0.29) is 11.6 Å². The number of anilines is 3. The lowest BCUT2D eigenvalue weighted by atomic mass is 10.2. The molecular formula is C18H20N4O4S. The molecule has 0 saturated carbocycles. The van der Waals surface area contributed by atoms with Crippen molar-refractivity contribution in [2.24, 2.45) is 0 Å². The van der Waals surface area contributed by atoms with Gasteiger partial charge in [0.2, 0.25) is 5.91 Å². The summed E-state index contributed by atoms with van der Waals surface area (Å²) in [4.78, 5) is 39.4. The topological polar surface area (TPSA) is 109 Å². The van der Waals surface area contributed by atoms with Crippen molar-refractivity contribution in [2.45, 2.75) is 20.0 Å². The Morgan fingerprint density at radius 1 is 1.22 bits per heavy atom. The molecule has 27 heavy (non-hydrogen) atoms. The van der Waals surface area contributed by atoms with Crippen LogP contribution in [0.3, 0.4) is 0 Å². The molecular weight excluding hydrogens is 368 g/mol. The molecule has 1 aromatic carbocycles. The van der Waals surface area contributed by atoms with Crippen molar-refractivity contribution in [1.82, 2.24) is 4.98 Å². The molecule has 0 aliphatic rings. The third kappa shape index (κ3) is 6.23. The first-order valence-corrected chi connectivity index (χ1v) is 8.97. The van der Waals surface area contributed by atoms with Crippen molar-refractivity contribution in [3.63, 3.8) is 0 Å². The molecule has 0 radical (unpaired) electrons. The molecule has 9 heteroatoms. The van der Waals surface area contributed by atoms with Gasteiger partial charge in [-0.15, -0.1) is 17.9 Å². The van der Waals surface area contributed by atoms with Gasteiger partial charge in [0.05, 0.1) is 0 Å². The molecule has 2 rings (SSSR count). The van der Waals surface area contributed by atoms with Crippen LogP contribution in [0.1, 0.15) is 24.3 Å². The van der Waals surface area contributed by atoms with Crippen LogP contribution in [0.5, 0.6) is 0 Å². The van der Waals surface area contributed by atoms with Crippen LogP contribution in [-0.4, -0.2) is 35.4 Å². The minimum atomic E-state index is -1.00. The molecule has 0 fully saturated rings. The molecule has 1 aromatic heterocycles. The summed E-state index contributed by atoms with van der Waals surface area (Å²) in [5.74, 6) is -1.34. The number of nitrogens with one attached hydrogen (secondary N) is 3. The quantitative estimate of drug-likeness (QED) is 0.474. The van der Waals surface area contributed by atoms with Crippen LogP contribution in [0.2, 0.25) is 0 Å². The number of ether oxygens (including phenoxy) is 1. The lowest BCUT2D eigenvalue weighted by molar-refractivity contribution is -0.123. The van der Waals surface area contributed by atoms with Crippen LogP contribution >= 0.6 is 11.3 Å². The first-order valence-electron chi connectivity index (χ1n) is 8.09. The maximum absolute atomic E-state index is 12.2. The second-order valence-electron chi connectivity index (χ2n) is 5.50. The van der Waals surface area contributed by atoms with E-state index in [0.717, 1.165) is 0 Å². The van der Waals surface area contributed by atoms with Gasteiger partial charge in [0.15, 0.2) is 16.9 Å². The van der Waals surface area contributed by atoms with Crippen LogP contribution in [0.25, 0.3) is 0 Å².